The van der Waals surface area contributed by atoms with Crippen LogP contribution in [0.25, 0.3) is 0 Å². The van der Waals surface area contributed by atoms with Gasteiger partial charge in [-0.15, -0.1) is 0 Å². The van der Waals surface area contributed by atoms with Crippen molar-refractivity contribution in [1.82, 2.24) is 0 Å². The van der Waals surface area contributed by atoms with Crippen LogP contribution in [0, 0.1) is 0 Å². The number of carbonyl (C=O) groups excluding carboxylic acids is 1. The van der Waals surface area contributed by atoms with Crippen LogP contribution in [0.5, 0.6) is 17.2 Å². The number of hydrogen-bond donors (Lipinski definition) is 0. The highest BCUT2D eigenvalue weighted by molar-refractivity contribution is 9.11. The fourth-order valence-electron chi connectivity index (χ4n) is 1.41. The summed E-state index contributed by atoms with van der Waals surface area (Å²) in [5, 5.41) is 0. The summed E-state index contributed by atoms with van der Waals surface area (Å²) in [6.45, 7) is 9.79. The second-order valence-corrected chi connectivity index (χ2v) is 6.34. The lowest BCUT2D eigenvalue weighted by Crippen LogP contribution is -2.10. The van der Waals surface area contributed by atoms with Gasteiger partial charge < -0.3 is 14.2 Å². The molecule has 0 atom stereocenters. The van der Waals surface area contributed by atoms with E-state index in [1.165, 1.54) is 0 Å². The minimum atomic E-state index is -0.524. The third kappa shape index (κ3) is 4.23. The number of rotatable bonds is 6. The average Bonchev–Trinajstić information content (AvgIpc) is 2.44. The molecule has 0 amide bonds. The molecular weight excluding hydrogens is 472 g/mol. The van der Waals surface area contributed by atoms with E-state index in [1.54, 1.807) is 6.92 Å². The van der Waals surface area contributed by atoms with E-state index in [9.17, 15) is 4.79 Å². The lowest BCUT2D eigenvalue weighted by molar-refractivity contribution is -0.130. The number of carbonyl (C=O) groups is 1. The molecule has 0 N–H and O–H groups in total. The van der Waals surface area contributed by atoms with Gasteiger partial charge in [0, 0.05) is 5.57 Å². The Hall–Kier alpha value is -0.530. The van der Waals surface area contributed by atoms with Gasteiger partial charge in [-0.3, -0.25) is 0 Å². The highest BCUT2D eigenvalue weighted by Gasteiger charge is 2.25. The van der Waals surface area contributed by atoms with Gasteiger partial charge in [0.15, 0.2) is 17.2 Å². The summed E-state index contributed by atoms with van der Waals surface area (Å²) in [5.41, 5.74) is 0.299. The van der Waals surface area contributed by atoms with Crippen LogP contribution in [0.15, 0.2) is 25.6 Å². The van der Waals surface area contributed by atoms with Crippen molar-refractivity contribution >= 4 is 53.8 Å². The summed E-state index contributed by atoms with van der Waals surface area (Å²) in [4.78, 5) is 11.8. The van der Waals surface area contributed by atoms with Gasteiger partial charge in [0.25, 0.3) is 0 Å². The SMILES string of the molecule is C=C(C)C(=O)Oc1c(Br)c(OCC)c(Br)c(OCC)c1Br. The monoisotopic (exact) mass is 484 g/mol. The Morgan fingerprint density at radius 3 is 1.67 bits per heavy atom. The van der Waals surface area contributed by atoms with E-state index >= 15 is 0 Å². The van der Waals surface area contributed by atoms with Crippen LogP contribution < -0.4 is 14.2 Å². The number of ether oxygens (including phenoxy) is 3. The quantitative estimate of drug-likeness (QED) is 0.313. The smallest absolute Gasteiger partial charge is 0.338 e. The first-order valence-electron chi connectivity index (χ1n) is 6.18. The molecule has 0 radical (unpaired) electrons. The van der Waals surface area contributed by atoms with Crippen molar-refractivity contribution in [3.05, 3.63) is 25.6 Å². The van der Waals surface area contributed by atoms with Crippen LogP contribution in [0.2, 0.25) is 0 Å². The molecule has 0 heterocycles. The number of benzene rings is 1. The van der Waals surface area contributed by atoms with E-state index in [-0.39, 0.29) is 5.75 Å². The average molecular weight is 487 g/mol. The van der Waals surface area contributed by atoms with Crippen molar-refractivity contribution in [3.8, 4) is 17.2 Å². The zero-order chi connectivity index (χ0) is 16.2. The molecule has 0 bridgehead atoms. The Morgan fingerprint density at radius 1 is 0.952 bits per heavy atom. The van der Waals surface area contributed by atoms with Crippen molar-refractivity contribution in [3.63, 3.8) is 0 Å². The van der Waals surface area contributed by atoms with E-state index in [0.717, 1.165) is 0 Å². The first kappa shape index (κ1) is 18.5. The maximum Gasteiger partial charge on any atom is 0.338 e. The van der Waals surface area contributed by atoms with Crippen LogP contribution in [-0.2, 0) is 4.79 Å². The highest BCUT2D eigenvalue weighted by atomic mass is 79.9. The molecule has 1 aromatic rings. The molecule has 0 aliphatic carbocycles. The Bertz CT molecular complexity index is 537. The molecule has 0 aliphatic heterocycles. The molecule has 0 aliphatic rings. The molecule has 4 nitrogen and oxygen atoms in total. The molecule has 0 aromatic heterocycles. The largest absolute Gasteiger partial charge is 0.491 e. The third-order valence-electron chi connectivity index (χ3n) is 2.32. The maximum atomic E-state index is 11.8. The van der Waals surface area contributed by atoms with Gasteiger partial charge in [-0.25, -0.2) is 4.79 Å². The molecule has 0 spiro atoms. The molecule has 21 heavy (non-hydrogen) atoms. The standard InChI is InChI=1S/C14H15Br3O4/c1-5-19-11-8(15)12(20-6-2)10(17)13(9(11)16)21-14(18)7(3)4/h3,5-6H2,1-2,4H3. The van der Waals surface area contributed by atoms with Crippen LogP contribution in [0.3, 0.4) is 0 Å². The molecule has 1 rings (SSSR count). The van der Waals surface area contributed by atoms with E-state index < -0.39 is 5.97 Å². The highest BCUT2D eigenvalue weighted by Crippen LogP contribution is 2.52. The van der Waals surface area contributed by atoms with E-state index in [0.29, 0.717) is 43.7 Å². The van der Waals surface area contributed by atoms with Gasteiger partial charge in [-0.05, 0) is 68.6 Å². The number of halogens is 3. The van der Waals surface area contributed by atoms with Crippen molar-refractivity contribution < 1.29 is 19.0 Å². The lowest BCUT2D eigenvalue weighted by Gasteiger charge is -2.18. The van der Waals surface area contributed by atoms with Gasteiger partial charge in [-0.1, -0.05) is 6.58 Å². The Labute approximate surface area is 149 Å². The predicted octanol–water partition coefficient (Wildman–Crippen LogP) is 5.25. The number of esters is 1. The van der Waals surface area contributed by atoms with Gasteiger partial charge in [0.2, 0.25) is 0 Å². The predicted molar refractivity (Wildman–Crippen MR) is 92.3 cm³/mol. The van der Waals surface area contributed by atoms with Gasteiger partial charge in [-0.2, -0.15) is 0 Å². The van der Waals surface area contributed by atoms with E-state index in [1.807, 2.05) is 13.8 Å². The van der Waals surface area contributed by atoms with Gasteiger partial charge in [0.1, 0.15) is 13.4 Å². The van der Waals surface area contributed by atoms with Gasteiger partial charge >= 0.3 is 5.97 Å². The summed E-state index contributed by atoms with van der Waals surface area (Å²) >= 11 is 10.2. The van der Waals surface area contributed by atoms with E-state index in [4.69, 9.17) is 14.2 Å². The van der Waals surface area contributed by atoms with Crippen molar-refractivity contribution in [2.45, 2.75) is 20.8 Å². The molecule has 0 unspecified atom stereocenters. The topological polar surface area (TPSA) is 44.8 Å². The minimum absolute atomic E-state index is 0.290. The first-order chi connectivity index (χ1) is 9.84. The van der Waals surface area contributed by atoms with Crippen LogP contribution in [0.1, 0.15) is 20.8 Å². The molecular formula is C14H15Br3O4. The summed E-state index contributed by atoms with van der Waals surface area (Å²) in [7, 11) is 0. The van der Waals surface area contributed by atoms with Crippen LogP contribution >= 0.6 is 47.8 Å². The maximum absolute atomic E-state index is 11.8. The Kier molecular flexibility index (Phi) is 7.23. The molecule has 0 saturated carbocycles. The first-order valence-corrected chi connectivity index (χ1v) is 8.56. The summed E-state index contributed by atoms with van der Waals surface area (Å²) in [6, 6.07) is 0. The molecule has 7 heteroatoms. The second-order valence-electron chi connectivity index (χ2n) is 3.97. The van der Waals surface area contributed by atoms with Crippen molar-refractivity contribution in [1.29, 1.82) is 0 Å². The fourth-order valence-corrected chi connectivity index (χ4v) is 4.02. The zero-order valence-electron chi connectivity index (χ0n) is 11.9. The van der Waals surface area contributed by atoms with Crippen molar-refractivity contribution in [2.24, 2.45) is 0 Å². The molecule has 0 fully saturated rings. The van der Waals surface area contributed by atoms with E-state index in [2.05, 4.69) is 54.4 Å². The number of hydrogen-bond acceptors (Lipinski definition) is 4. The second kappa shape index (κ2) is 8.19. The minimum Gasteiger partial charge on any atom is -0.491 e. The Morgan fingerprint density at radius 2 is 1.33 bits per heavy atom. The molecule has 116 valence electrons. The van der Waals surface area contributed by atoms with Gasteiger partial charge in [0.05, 0.1) is 13.2 Å². The summed E-state index contributed by atoms with van der Waals surface area (Å²) in [6.07, 6.45) is 0. The zero-order valence-corrected chi connectivity index (χ0v) is 16.6. The lowest BCUT2D eigenvalue weighted by atomic mass is 10.3. The Balaban J connectivity index is 3.46. The van der Waals surface area contributed by atoms with Crippen molar-refractivity contribution in [2.75, 3.05) is 13.2 Å². The van der Waals surface area contributed by atoms with Crippen LogP contribution in [-0.4, -0.2) is 19.2 Å². The van der Waals surface area contributed by atoms with Crippen LogP contribution in [0.4, 0.5) is 0 Å². The normalized spacial score (nSPS) is 10.2. The fraction of sp³-hybridized carbons (Fsp3) is 0.357. The summed E-state index contributed by atoms with van der Waals surface area (Å²) in [5.74, 6) is 0.782. The molecule has 0 saturated heterocycles. The molecule has 1 aromatic carbocycles. The third-order valence-corrected chi connectivity index (χ3v) is 4.48. The summed E-state index contributed by atoms with van der Waals surface area (Å²) < 4.78 is 18.2.